The van der Waals surface area contributed by atoms with Gasteiger partial charge in [0.15, 0.2) is 0 Å². The molecule has 0 saturated carbocycles. The van der Waals surface area contributed by atoms with Gasteiger partial charge in [-0.3, -0.25) is 0 Å². The minimum absolute atomic E-state index is 0.0453. The third-order valence-electron chi connectivity index (χ3n) is 2.78. The van der Waals surface area contributed by atoms with Crippen molar-refractivity contribution in [2.24, 2.45) is 5.92 Å². The highest BCUT2D eigenvalue weighted by Crippen LogP contribution is 2.14. The maximum atomic E-state index is 11.6. The van der Waals surface area contributed by atoms with E-state index in [1.807, 2.05) is 37.3 Å². The maximum absolute atomic E-state index is 11.6. The van der Waals surface area contributed by atoms with Crippen molar-refractivity contribution in [3.63, 3.8) is 0 Å². The number of hydrogen-bond acceptors (Lipinski definition) is 3. The zero-order valence-electron chi connectivity index (χ0n) is 11.6. The van der Waals surface area contributed by atoms with Gasteiger partial charge in [-0.25, -0.2) is 4.79 Å². The second-order valence-electron chi connectivity index (χ2n) is 4.21. The van der Waals surface area contributed by atoms with Crippen LogP contribution in [-0.2, 0) is 20.7 Å². The molecule has 0 bridgehead atoms. The van der Waals surface area contributed by atoms with E-state index in [2.05, 4.69) is 12.1 Å². The van der Waals surface area contributed by atoms with Crippen molar-refractivity contribution < 1.29 is 14.3 Å². The quantitative estimate of drug-likeness (QED) is 0.341. The van der Waals surface area contributed by atoms with Gasteiger partial charge in [0.1, 0.15) is 0 Å². The van der Waals surface area contributed by atoms with Gasteiger partial charge >= 0.3 is 5.97 Å². The molecule has 0 aliphatic rings. The normalized spacial score (nSPS) is 13.3. The van der Waals surface area contributed by atoms with Gasteiger partial charge in [-0.15, -0.1) is 0 Å². The molecule has 0 spiro atoms. The first-order valence-electron chi connectivity index (χ1n) is 6.20. The second-order valence-corrected chi connectivity index (χ2v) is 4.21. The Morgan fingerprint density at radius 3 is 2.53 bits per heavy atom. The van der Waals surface area contributed by atoms with Crippen LogP contribution in [0.15, 0.2) is 54.3 Å². The lowest BCUT2D eigenvalue weighted by Gasteiger charge is -2.09. The molecule has 0 aliphatic carbocycles. The van der Waals surface area contributed by atoms with Crippen LogP contribution in [0.2, 0.25) is 0 Å². The number of carbonyl (C=O) groups is 1. The fourth-order valence-corrected chi connectivity index (χ4v) is 1.71. The van der Waals surface area contributed by atoms with Crippen molar-refractivity contribution >= 4 is 5.97 Å². The largest absolute Gasteiger partial charge is 0.504 e. The van der Waals surface area contributed by atoms with Crippen molar-refractivity contribution in [2.75, 3.05) is 14.2 Å². The molecule has 1 aromatic carbocycles. The molecule has 102 valence electrons. The van der Waals surface area contributed by atoms with Gasteiger partial charge < -0.3 is 9.47 Å². The van der Waals surface area contributed by atoms with E-state index in [0.717, 1.165) is 6.42 Å². The summed E-state index contributed by atoms with van der Waals surface area (Å²) in [6.07, 6.45) is 6.30. The zero-order valence-corrected chi connectivity index (χ0v) is 11.6. The van der Waals surface area contributed by atoms with Crippen LogP contribution in [0.1, 0.15) is 12.5 Å². The lowest BCUT2D eigenvalue weighted by atomic mass is 10.0. The van der Waals surface area contributed by atoms with Gasteiger partial charge in [-0.05, 0) is 12.0 Å². The molecular weight excluding hydrogens is 240 g/mol. The molecule has 3 heteroatoms. The van der Waals surface area contributed by atoms with Crippen LogP contribution in [0.3, 0.4) is 0 Å². The van der Waals surface area contributed by atoms with Crippen LogP contribution in [0.5, 0.6) is 0 Å². The standard InChI is InChI=1S/C16H20O3/c1-13(15(12-18-2)16(17)19-3)8-7-11-14-9-5-4-6-10-14/h4-10,12-13H,11H2,1-3H3/b8-7+,15-12+. The highest BCUT2D eigenvalue weighted by atomic mass is 16.5. The number of allylic oxidation sites excluding steroid dienone is 2. The van der Waals surface area contributed by atoms with E-state index in [1.54, 1.807) is 0 Å². The molecule has 0 N–H and O–H groups in total. The monoisotopic (exact) mass is 260 g/mol. The fraction of sp³-hybridized carbons (Fsp3) is 0.312. The van der Waals surface area contributed by atoms with Gasteiger partial charge in [-0.1, -0.05) is 49.4 Å². The predicted molar refractivity (Wildman–Crippen MR) is 75.6 cm³/mol. The van der Waals surface area contributed by atoms with Gasteiger partial charge in [0, 0.05) is 5.92 Å². The number of methoxy groups -OCH3 is 2. The van der Waals surface area contributed by atoms with Crippen LogP contribution in [-0.4, -0.2) is 20.2 Å². The summed E-state index contributed by atoms with van der Waals surface area (Å²) in [6, 6.07) is 10.2. The lowest BCUT2D eigenvalue weighted by Crippen LogP contribution is -2.11. The molecule has 0 aromatic heterocycles. The number of benzene rings is 1. The van der Waals surface area contributed by atoms with E-state index in [-0.39, 0.29) is 11.9 Å². The van der Waals surface area contributed by atoms with E-state index in [1.165, 1.54) is 26.0 Å². The number of hydrogen-bond donors (Lipinski definition) is 0. The molecule has 1 rings (SSSR count). The summed E-state index contributed by atoms with van der Waals surface area (Å²) < 4.78 is 9.65. The Kier molecular flexibility index (Phi) is 6.44. The van der Waals surface area contributed by atoms with Crippen LogP contribution in [0, 0.1) is 5.92 Å². The summed E-state index contributed by atoms with van der Waals surface area (Å²) in [5.41, 5.74) is 1.75. The molecule has 0 heterocycles. The van der Waals surface area contributed by atoms with Crippen LogP contribution in [0.25, 0.3) is 0 Å². The Hall–Kier alpha value is -2.03. The highest BCUT2D eigenvalue weighted by Gasteiger charge is 2.15. The molecule has 0 amide bonds. The minimum Gasteiger partial charge on any atom is -0.504 e. The van der Waals surface area contributed by atoms with Crippen molar-refractivity contribution in [2.45, 2.75) is 13.3 Å². The Balaban J connectivity index is 2.64. The van der Waals surface area contributed by atoms with Crippen molar-refractivity contribution in [1.29, 1.82) is 0 Å². The summed E-state index contributed by atoms with van der Waals surface area (Å²) in [5.74, 6) is -0.408. The number of rotatable bonds is 6. The Labute approximate surface area is 114 Å². The van der Waals surface area contributed by atoms with Crippen molar-refractivity contribution in [3.8, 4) is 0 Å². The molecular formula is C16H20O3. The Morgan fingerprint density at radius 2 is 1.95 bits per heavy atom. The molecule has 3 nitrogen and oxygen atoms in total. The molecule has 19 heavy (non-hydrogen) atoms. The Bertz CT molecular complexity index is 446. The molecule has 0 fully saturated rings. The molecule has 1 aromatic rings. The maximum Gasteiger partial charge on any atom is 0.337 e. The summed E-state index contributed by atoms with van der Waals surface area (Å²) in [4.78, 5) is 11.6. The smallest absolute Gasteiger partial charge is 0.337 e. The third kappa shape index (κ3) is 5.00. The summed E-state index contributed by atoms with van der Waals surface area (Å²) in [6.45, 7) is 1.93. The zero-order chi connectivity index (χ0) is 14.1. The third-order valence-corrected chi connectivity index (χ3v) is 2.78. The van der Waals surface area contributed by atoms with Crippen LogP contribution >= 0.6 is 0 Å². The molecule has 0 saturated heterocycles. The summed E-state index contributed by atoms with van der Waals surface area (Å²) >= 11 is 0. The van der Waals surface area contributed by atoms with Crippen LogP contribution in [0.4, 0.5) is 0 Å². The van der Waals surface area contributed by atoms with Crippen molar-refractivity contribution in [1.82, 2.24) is 0 Å². The van der Waals surface area contributed by atoms with Gasteiger partial charge in [0.2, 0.25) is 0 Å². The molecule has 1 atom stereocenters. The lowest BCUT2D eigenvalue weighted by molar-refractivity contribution is -0.136. The summed E-state index contributed by atoms with van der Waals surface area (Å²) in [5, 5.41) is 0. The predicted octanol–water partition coefficient (Wildman–Crippen LogP) is 3.12. The SMILES string of the molecule is CO/C=C(/C(=O)OC)C(C)/C=C/Cc1ccccc1. The van der Waals surface area contributed by atoms with E-state index >= 15 is 0 Å². The minimum atomic E-state index is -0.362. The Morgan fingerprint density at radius 1 is 1.26 bits per heavy atom. The molecule has 1 unspecified atom stereocenters. The van der Waals surface area contributed by atoms with Gasteiger partial charge in [0.25, 0.3) is 0 Å². The van der Waals surface area contributed by atoms with E-state index in [4.69, 9.17) is 9.47 Å². The fourth-order valence-electron chi connectivity index (χ4n) is 1.71. The number of esters is 1. The summed E-state index contributed by atoms with van der Waals surface area (Å²) in [7, 11) is 2.88. The second kappa shape index (κ2) is 8.14. The van der Waals surface area contributed by atoms with E-state index in [0.29, 0.717) is 5.57 Å². The first kappa shape index (κ1) is 15.0. The van der Waals surface area contributed by atoms with Gasteiger partial charge in [0.05, 0.1) is 26.1 Å². The molecule has 0 aliphatic heterocycles. The average Bonchev–Trinajstić information content (AvgIpc) is 2.45. The average molecular weight is 260 g/mol. The van der Waals surface area contributed by atoms with E-state index < -0.39 is 0 Å². The van der Waals surface area contributed by atoms with Gasteiger partial charge in [-0.2, -0.15) is 0 Å². The molecule has 0 radical (unpaired) electrons. The topological polar surface area (TPSA) is 35.5 Å². The van der Waals surface area contributed by atoms with E-state index in [9.17, 15) is 4.79 Å². The first-order valence-corrected chi connectivity index (χ1v) is 6.20. The highest BCUT2D eigenvalue weighted by molar-refractivity contribution is 5.88. The first-order chi connectivity index (χ1) is 9.19. The number of ether oxygens (including phenoxy) is 2. The number of carbonyl (C=O) groups excluding carboxylic acids is 1. The van der Waals surface area contributed by atoms with Crippen molar-refractivity contribution in [3.05, 3.63) is 59.9 Å². The van der Waals surface area contributed by atoms with Crippen LogP contribution < -0.4 is 0 Å².